The number of anilines is 1. The number of aromatic nitrogens is 3. The Labute approximate surface area is 99.2 Å². The lowest BCUT2D eigenvalue weighted by Crippen LogP contribution is -2.06. The molecule has 7 heteroatoms. The SMILES string of the molecule is Nc1nc2cc(C(F)(F)F)cnc2n1C1=CC=C1. The van der Waals surface area contributed by atoms with Gasteiger partial charge >= 0.3 is 6.18 Å². The van der Waals surface area contributed by atoms with Crippen molar-refractivity contribution in [1.82, 2.24) is 14.5 Å². The summed E-state index contributed by atoms with van der Waals surface area (Å²) in [5.41, 5.74) is 6.04. The summed E-state index contributed by atoms with van der Waals surface area (Å²) < 4.78 is 39.1. The highest BCUT2D eigenvalue weighted by molar-refractivity contribution is 5.84. The van der Waals surface area contributed by atoms with Crippen molar-refractivity contribution < 1.29 is 13.2 Å². The van der Waals surface area contributed by atoms with Crippen LogP contribution in [0.4, 0.5) is 19.1 Å². The molecule has 92 valence electrons. The molecule has 4 nitrogen and oxygen atoms in total. The first kappa shape index (κ1) is 10.8. The van der Waals surface area contributed by atoms with E-state index in [9.17, 15) is 13.2 Å². The number of nitrogen functional groups attached to an aromatic ring is 1. The maximum absolute atomic E-state index is 12.5. The van der Waals surface area contributed by atoms with Crippen LogP contribution in [-0.2, 0) is 6.18 Å². The van der Waals surface area contributed by atoms with Crippen LogP contribution in [-0.4, -0.2) is 14.5 Å². The average molecular weight is 252 g/mol. The first-order chi connectivity index (χ1) is 8.47. The second-order valence-electron chi connectivity index (χ2n) is 3.82. The Kier molecular flexibility index (Phi) is 2.01. The van der Waals surface area contributed by atoms with E-state index in [1.807, 2.05) is 0 Å². The van der Waals surface area contributed by atoms with Gasteiger partial charge in [0.15, 0.2) is 5.65 Å². The zero-order chi connectivity index (χ0) is 12.9. The van der Waals surface area contributed by atoms with Gasteiger partial charge < -0.3 is 5.73 Å². The maximum Gasteiger partial charge on any atom is 0.417 e. The zero-order valence-corrected chi connectivity index (χ0v) is 8.94. The van der Waals surface area contributed by atoms with E-state index in [2.05, 4.69) is 9.97 Å². The molecule has 0 spiro atoms. The van der Waals surface area contributed by atoms with Crippen molar-refractivity contribution in [2.24, 2.45) is 0 Å². The smallest absolute Gasteiger partial charge is 0.369 e. The predicted molar refractivity (Wildman–Crippen MR) is 60.4 cm³/mol. The third kappa shape index (κ3) is 1.47. The number of pyridine rings is 1. The van der Waals surface area contributed by atoms with Gasteiger partial charge in [-0.1, -0.05) is 6.08 Å². The van der Waals surface area contributed by atoms with E-state index in [0.717, 1.165) is 18.0 Å². The fourth-order valence-electron chi connectivity index (χ4n) is 1.72. The number of rotatable bonds is 1. The van der Waals surface area contributed by atoms with Crippen molar-refractivity contribution >= 4 is 22.8 Å². The van der Waals surface area contributed by atoms with Crippen molar-refractivity contribution in [3.63, 3.8) is 0 Å². The van der Waals surface area contributed by atoms with Gasteiger partial charge in [-0.3, -0.25) is 4.57 Å². The van der Waals surface area contributed by atoms with Gasteiger partial charge in [-0.25, -0.2) is 9.97 Å². The third-order valence-corrected chi connectivity index (χ3v) is 2.64. The topological polar surface area (TPSA) is 56.7 Å². The molecule has 2 aromatic rings. The van der Waals surface area contributed by atoms with Crippen LogP contribution in [0.1, 0.15) is 5.56 Å². The Hall–Kier alpha value is -2.31. The van der Waals surface area contributed by atoms with E-state index in [1.165, 1.54) is 4.57 Å². The molecule has 0 atom stereocenters. The van der Waals surface area contributed by atoms with E-state index in [1.54, 1.807) is 18.2 Å². The van der Waals surface area contributed by atoms with Crippen LogP contribution in [0.15, 0.2) is 30.5 Å². The molecule has 2 heterocycles. The van der Waals surface area contributed by atoms with E-state index in [0.29, 0.717) is 5.65 Å². The van der Waals surface area contributed by atoms with Crippen molar-refractivity contribution in [1.29, 1.82) is 0 Å². The van der Waals surface area contributed by atoms with E-state index in [4.69, 9.17) is 5.73 Å². The second kappa shape index (κ2) is 3.34. The quantitative estimate of drug-likeness (QED) is 0.848. The van der Waals surface area contributed by atoms with Crippen LogP contribution >= 0.6 is 0 Å². The number of imidazole rings is 1. The summed E-state index contributed by atoms with van der Waals surface area (Å²) >= 11 is 0. The number of hydrogen-bond donors (Lipinski definition) is 1. The highest BCUT2D eigenvalue weighted by Gasteiger charge is 2.31. The van der Waals surface area contributed by atoms with Crippen molar-refractivity contribution in [2.75, 3.05) is 5.73 Å². The number of nitrogens with zero attached hydrogens (tertiary/aromatic N) is 3. The van der Waals surface area contributed by atoms with Gasteiger partial charge in [-0.05, 0) is 18.2 Å². The van der Waals surface area contributed by atoms with Gasteiger partial charge in [0.1, 0.15) is 5.52 Å². The number of nitrogens with two attached hydrogens (primary N) is 1. The van der Waals surface area contributed by atoms with E-state index >= 15 is 0 Å². The van der Waals surface area contributed by atoms with Gasteiger partial charge in [-0.15, -0.1) is 0 Å². The highest BCUT2D eigenvalue weighted by Crippen LogP contribution is 2.32. The van der Waals surface area contributed by atoms with Crippen LogP contribution < -0.4 is 5.73 Å². The van der Waals surface area contributed by atoms with Crippen LogP contribution in [0.5, 0.6) is 0 Å². The largest absolute Gasteiger partial charge is 0.417 e. The predicted octanol–water partition coefficient (Wildman–Crippen LogP) is 2.44. The fraction of sp³-hybridized carbons (Fsp3) is 0.0909. The molecule has 2 N–H and O–H groups in total. The summed E-state index contributed by atoms with van der Waals surface area (Å²) in [6, 6.07) is 0.943. The zero-order valence-electron chi connectivity index (χ0n) is 8.94. The van der Waals surface area contributed by atoms with Gasteiger partial charge in [0.05, 0.1) is 11.3 Å². The van der Waals surface area contributed by atoms with Gasteiger partial charge in [0, 0.05) is 6.20 Å². The molecular weight excluding hydrogens is 245 g/mol. The van der Waals surface area contributed by atoms with Crippen molar-refractivity contribution in [2.45, 2.75) is 6.18 Å². The van der Waals surface area contributed by atoms with Gasteiger partial charge in [0.2, 0.25) is 5.95 Å². The molecule has 2 aromatic heterocycles. The van der Waals surface area contributed by atoms with Crippen LogP contribution in [0.2, 0.25) is 0 Å². The first-order valence-electron chi connectivity index (χ1n) is 5.07. The first-order valence-corrected chi connectivity index (χ1v) is 5.07. The Morgan fingerprint density at radius 2 is 2.00 bits per heavy atom. The fourth-order valence-corrected chi connectivity index (χ4v) is 1.72. The molecule has 0 amide bonds. The number of alkyl halides is 3. The van der Waals surface area contributed by atoms with Crippen LogP contribution in [0.3, 0.4) is 0 Å². The number of halogens is 3. The summed E-state index contributed by atoms with van der Waals surface area (Å²) in [5.74, 6) is 0.118. The van der Waals surface area contributed by atoms with Gasteiger partial charge in [-0.2, -0.15) is 13.2 Å². The lowest BCUT2D eigenvalue weighted by Gasteiger charge is -2.10. The Morgan fingerprint density at radius 3 is 2.56 bits per heavy atom. The molecule has 0 fully saturated rings. The average Bonchev–Trinajstić information content (AvgIpc) is 2.51. The summed E-state index contributed by atoms with van der Waals surface area (Å²) in [7, 11) is 0. The Bertz CT molecular complexity index is 694. The summed E-state index contributed by atoms with van der Waals surface area (Å²) in [6.07, 6.45) is 1.69. The minimum atomic E-state index is -4.44. The van der Waals surface area contributed by atoms with E-state index < -0.39 is 11.7 Å². The summed E-state index contributed by atoms with van der Waals surface area (Å²) in [6.45, 7) is 0. The van der Waals surface area contributed by atoms with Crippen LogP contribution in [0, 0.1) is 0 Å². The monoisotopic (exact) mass is 252 g/mol. The summed E-state index contributed by atoms with van der Waals surface area (Å²) in [5, 5.41) is 0. The molecule has 0 saturated carbocycles. The normalized spacial score (nSPS) is 14.7. The molecule has 0 unspecified atom stereocenters. The molecule has 0 bridgehead atoms. The van der Waals surface area contributed by atoms with Crippen molar-refractivity contribution in [3.05, 3.63) is 36.1 Å². The molecule has 18 heavy (non-hydrogen) atoms. The molecule has 0 aromatic carbocycles. The molecule has 1 aliphatic rings. The van der Waals surface area contributed by atoms with E-state index in [-0.39, 0.29) is 11.5 Å². The lowest BCUT2D eigenvalue weighted by molar-refractivity contribution is -0.137. The molecular formula is C11H7F3N4. The Morgan fingerprint density at radius 1 is 1.28 bits per heavy atom. The Balaban J connectivity index is 2.21. The highest BCUT2D eigenvalue weighted by atomic mass is 19.4. The minimum Gasteiger partial charge on any atom is -0.369 e. The number of allylic oxidation sites excluding steroid dienone is 4. The summed E-state index contributed by atoms with van der Waals surface area (Å²) in [4.78, 5) is 7.69. The lowest BCUT2D eigenvalue weighted by atomic mass is 10.2. The number of fused-ring (bicyclic) bond motifs is 1. The molecule has 0 radical (unpaired) electrons. The minimum absolute atomic E-state index is 0.118. The van der Waals surface area contributed by atoms with Crippen molar-refractivity contribution in [3.8, 4) is 0 Å². The number of hydrogen-bond acceptors (Lipinski definition) is 3. The maximum atomic E-state index is 12.5. The third-order valence-electron chi connectivity index (χ3n) is 2.64. The molecule has 1 aliphatic carbocycles. The second-order valence-corrected chi connectivity index (χ2v) is 3.82. The molecule has 0 saturated heterocycles. The standard InChI is InChI=1S/C11H7F3N4/c12-11(13,14)6-4-8-9(16-5-6)18(10(15)17-8)7-2-1-3-7/h1-5H,(H2,15,17). The molecule has 0 aliphatic heterocycles. The van der Waals surface area contributed by atoms with Gasteiger partial charge in [0.25, 0.3) is 0 Å². The van der Waals surface area contributed by atoms with Crippen LogP contribution in [0.25, 0.3) is 16.9 Å². The molecule has 3 rings (SSSR count).